The van der Waals surface area contributed by atoms with Gasteiger partial charge in [0.25, 0.3) is 0 Å². The second kappa shape index (κ2) is 9.45. The standard InChI is InChI=1S/C22H27F3N8O/c1-12(26)6-18(34)33-4-2-13(3-5-33)8-30-21-31-11-17(27)19(32-21)16-10-29-20-15(16)7-14(9-28-20)22(23,24)25/h7,9-13H,2-6,8,26-27H2,1H3,(H,28,29)(H,30,31,32)/t12-/m0/s1. The van der Waals surface area contributed by atoms with Crippen molar-refractivity contribution in [2.24, 2.45) is 11.7 Å². The Balaban J connectivity index is 1.45. The van der Waals surface area contributed by atoms with Crippen LogP contribution in [0.3, 0.4) is 0 Å². The number of alkyl halides is 3. The van der Waals surface area contributed by atoms with Gasteiger partial charge in [-0.2, -0.15) is 13.2 Å². The molecule has 4 heterocycles. The van der Waals surface area contributed by atoms with E-state index in [4.69, 9.17) is 11.5 Å². The molecule has 12 heteroatoms. The monoisotopic (exact) mass is 476 g/mol. The number of likely N-dealkylation sites (tertiary alicyclic amines) is 1. The molecule has 1 aliphatic heterocycles. The third kappa shape index (κ3) is 5.22. The molecule has 3 aromatic rings. The van der Waals surface area contributed by atoms with Crippen molar-refractivity contribution >= 4 is 28.6 Å². The normalized spacial score (nSPS) is 16.1. The lowest BCUT2D eigenvalue weighted by Crippen LogP contribution is -2.41. The molecule has 9 nitrogen and oxygen atoms in total. The van der Waals surface area contributed by atoms with E-state index in [-0.39, 0.29) is 23.0 Å². The number of anilines is 2. The van der Waals surface area contributed by atoms with Crippen LogP contribution in [0, 0.1) is 5.92 Å². The first-order valence-electron chi connectivity index (χ1n) is 11.1. The Labute approximate surface area is 194 Å². The minimum Gasteiger partial charge on any atom is -0.396 e. The van der Waals surface area contributed by atoms with E-state index in [2.05, 4.69) is 25.3 Å². The van der Waals surface area contributed by atoms with E-state index in [0.29, 0.717) is 54.8 Å². The molecule has 1 amide bonds. The molecule has 0 aliphatic carbocycles. The first kappa shape index (κ1) is 23.7. The number of aromatic amines is 1. The van der Waals surface area contributed by atoms with E-state index in [9.17, 15) is 18.0 Å². The number of pyridine rings is 1. The van der Waals surface area contributed by atoms with E-state index < -0.39 is 11.7 Å². The number of hydrogen-bond acceptors (Lipinski definition) is 7. The minimum atomic E-state index is -4.51. The third-order valence-electron chi connectivity index (χ3n) is 5.94. The summed E-state index contributed by atoms with van der Waals surface area (Å²) >= 11 is 0. The highest BCUT2D eigenvalue weighted by molar-refractivity contribution is 5.95. The van der Waals surface area contributed by atoms with Crippen molar-refractivity contribution < 1.29 is 18.0 Å². The average Bonchev–Trinajstić information content (AvgIpc) is 3.21. The van der Waals surface area contributed by atoms with Crippen molar-refractivity contribution in [3.8, 4) is 11.3 Å². The number of aromatic nitrogens is 4. The molecule has 34 heavy (non-hydrogen) atoms. The largest absolute Gasteiger partial charge is 0.417 e. The van der Waals surface area contributed by atoms with Crippen LogP contribution in [0.1, 0.15) is 31.7 Å². The van der Waals surface area contributed by atoms with E-state index in [0.717, 1.165) is 25.1 Å². The Morgan fingerprint density at radius 3 is 2.71 bits per heavy atom. The summed E-state index contributed by atoms with van der Waals surface area (Å²) < 4.78 is 39.5. The van der Waals surface area contributed by atoms with Crippen molar-refractivity contribution in [2.45, 2.75) is 38.4 Å². The van der Waals surface area contributed by atoms with Crippen LogP contribution < -0.4 is 16.8 Å². The summed E-state index contributed by atoms with van der Waals surface area (Å²) in [5, 5.41) is 3.47. The van der Waals surface area contributed by atoms with Crippen molar-refractivity contribution in [1.29, 1.82) is 0 Å². The number of carbonyl (C=O) groups excluding carboxylic acids is 1. The molecule has 0 unspecified atom stereocenters. The topological polar surface area (TPSA) is 139 Å². The zero-order valence-electron chi connectivity index (χ0n) is 18.7. The van der Waals surface area contributed by atoms with Crippen molar-refractivity contribution in [3.05, 3.63) is 30.2 Å². The maximum Gasteiger partial charge on any atom is 0.417 e. The van der Waals surface area contributed by atoms with Gasteiger partial charge in [0.15, 0.2) is 0 Å². The number of nitrogens with two attached hydrogens (primary N) is 2. The lowest BCUT2D eigenvalue weighted by Gasteiger charge is -2.32. The Bertz CT molecular complexity index is 1170. The van der Waals surface area contributed by atoms with Gasteiger partial charge in [-0.15, -0.1) is 0 Å². The Hall–Kier alpha value is -3.41. The smallest absolute Gasteiger partial charge is 0.396 e. The van der Waals surface area contributed by atoms with Crippen LogP contribution >= 0.6 is 0 Å². The highest BCUT2D eigenvalue weighted by Crippen LogP contribution is 2.35. The lowest BCUT2D eigenvalue weighted by molar-refractivity contribution is -0.137. The summed E-state index contributed by atoms with van der Waals surface area (Å²) in [5.41, 5.74) is 12.2. The molecule has 6 N–H and O–H groups in total. The molecule has 0 spiro atoms. The Morgan fingerprint density at radius 2 is 2.03 bits per heavy atom. The quantitative estimate of drug-likeness (QED) is 0.429. The first-order chi connectivity index (χ1) is 16.1. The highest BCUT2D eigenvalue weighted by atomic mass is 19.4. The van der Waals surface area contributed by atoms with Crippen LogP contribution in [-0.2, 0) is 11.0 Å². The van der Waals surface area contributed by atoms with Gasteiger partial charge in [-0.3, -0.25) is 4.79 Å². The lowest BCUT2D eigenvalue weighted by atomic mass is 9.96. The van der Waals surface area contributed by atoms with Gasteiger partial charge in [0, 0.05) is 55.4 Å². The first-order valence-corrected chi connectivity index (χ1v) is 11.1. The number of rotatable bonds is 6. The number of nitrogen functional groups attached to an aromatic ring is 1. The minimum absolute atomic E-state index is 0.0785. The predicted molar refractivity (Wildman–Crippen MR) is 123 cm³/mol. The van der Waals surface area contributed by atoms with Crippen LogP contribution in [0.15, 0.2) is 24.7 Å². The van der Waals surface area contributed by atoms with Gasteiger partial charge in [0.1, 0.15) is 11.3 Å². The second-order valence-corrected chi connectivity index (χ2v) is 8.70. The zero-order chi connectivity index (χ0) is 24.5. The molecule has 0 saturated carbocycles. The molecular weight excluding hydrogens is 449 g/mol. The summed E-state index contributed by atoms with van der Waals surface area (Å²) in [6.07, 6.45) is 1.27. The summed E-state index contributed by atoms with van der Waals surface area (Å²) in [7, 11) is 0. The SMILES string of the molecule is C[C@H](N)CC(=O)N1CCC(CNc2ncc(N)c(-c3c[nH]c4ncc(C(F)(F)F)cc34)n2)CC1. The van der Waals surface area contributed by atoms with Gasteiger partial charge < -0.3 is 26.7 Å². The van der Waals surface area contributed by atoms with Crippen molar-refractivity contribution in [1.82, 2.24) is 24.8 Å². The Morgan fingerprint density at radius 1 is 1.29 bits per heavy atom. The van der Waals surface area contributed by atoms with Crippen LogP contribution in [0.25, 0.3) is 22.3 Å². The average molecular weight is 477 g/mol. The van der Waals surface area contributed by atoms with Gasteiger partial charge in [-0.25, -0.2) is 15.0 Å². The third-order valence-corrected chi connectivity index (χ3v) is 5.94. The molecule has 1 atom stereocenters. The van der Waals surface area contributed by atoms with Gasteiger partial charge in [-0.1, -0.05) is 0 Å². The van der Waals surface area contributed by atoms with Crippen LogP contribution in [0.4, 0.5) is 24.8 Å². The molecular formula is C22H27F3N8O. The number of piperidine rings is 1. The maximum absolute atomic E-state index is 13.2. The number of halogens is 3. The molecule has 0 bridgehead atoms. The summed E-state index contributed by atoms with van der Waals surface area (Å²) in [6.45, 7) is 3.77. The van der Waals surface area contributed by atoms with Gasteiger partial charge in [-0.05, 0) is 31.7 Å². The van der Waals surface area contributed by atoms with Crippen molar-refractivity contribution in [2.75, 3.05) is 30.7 Å². The molecule has 4 rings (SSSR count). The molecule has 0 aromatic carbocycles. The van der Waals surface area contributed by atoms with E-state index in [1.165, 1.54) is 12.4 Å². The highest BCUT2D eigenvalue weighted by Gasteiger charge is 2.31. The van der Waals surface area contributed by atoms with Gasteiger partial charge in [0.05, 0.1) is 17.4 Å². The van der Waals surface area contributed by atoms with E-state index >= 15 is 0 Å². The van der Waals surface area contributed by atoms with Gasteiger partial charge in [0.2, 0.25) is 11.9 Å². The van der Waals surface area contributed by atoms with E-state index in [1.807, 2.05) is 11.8 Å². The number of fused-ring (bicyclic) bond motifs is 1. The number of nitrogens with one attached hydrogen (secondary N) is 2. The molecule has 1 saturated heterocycles. The fourth-order valence-corrected chi connectivity index (χ4v) is 4.07. The predicted octanol–water partition coefficient (Wildman–Crippen LogP) is 3.01. The number of carbonyl (C=O) groups is 1. The summed E-state index contributed by atoms with van der Waals surface area (Å²) in [6, 6.07) is 0.875. The summed E-state index contributed by atoms with van der Waals surface area (Å²) in [4.78, 5) is 29.4. The number of H-pyrrole nitrogens is 1. The molecule has 182 valence electrons. The van der Waals surface area contributed by atoms with Crippen LogP contribution in [0.2, 0.25) is 0 Å². The molecule has 1 fully saturated rings. The number of hydrogen-bond donors (Lipinski definition) is 4. The Kier molecular flexibility index (Phi) is 6.60. The molecule has 1 aliphatic rings. The second-order valence-electron chi connectivity index (χ2n) is 8.70. The summed E-state index contributed by atoms with van der Waals surface area (Å²) in [5.74, 6) is 0.736. The number of nitrogens with zero attached hydrogens (tertiary/aromatic N) is 4. The maximum atomic E-state index is 13.2. The fourth-order valence-electron chi connectivity index (χ4n) is 4.07. The fraction of sp³-hybridized carbons (Fsp3) is 0.455. The van der Waals surface area contributed by atoms with Gasteiger partial charge >= 0.3 is 6.18 Å². The molecule has 0 radical (unpaired) electrons. The van der Waals surface area contributed by atoms with Crippen LogP contribution in [0.5, 0.6) is 0 Å². The van der Waals surface area contributed by atoms with E-state index in [1.54, 1.807) is 0 Å². The van der Waals surface area contributed by atoms with Crippen molar-refractivity contribution in [3.63, 3.8) is 0 Å². The zero-order valence-corrected chi connectivity index (χ0v) is 18.7. The molecule has 3 aromatic heterocycles. The van der Waals surface area contributed by atoms with Crippen LogP contribution in [-0.4, -0.2) is 56.4 Å². The number of amides is 1.